The molecule has 0 radical (unpaired) electrons. The van der Waals surface area contributed by atoms with Gasteiger partial charge in [0.2, 0.25) is 0 Å². The first kappa shape index (κ1) is 15.9. The van der Waals surface area contributed by atoms with E-state index in [4.69, 9.17) is 4.74 Å². The van der Waals surface area contributed by atoms with E-state index in [9.17, 15) is 9.59 Å². The summed E-state index contributed by atoms with van der Waals surface area (Å²) in [7, 11) is 0. The Kier molecular flexibility index (Phi) is 4.70. The second kappa shape index (κ2) is 7.08. The number of hydrogen-bond acceptors (Lipinski definition) is 4. The molecule has 0 saturated heterocycles. The molecule has 1 heterocycles. The summed E-state index contributed by atoms with van der Waals surface area (Å²) >= 11 is 0. The lowest BCUT2D eigenvalue weighted by molar-refractivity contribution is -0.143. The van der Waals surface area contributed by atoms with Crippen LogP contribution in [0.2, 0.25) is 0 Å². The number of carbonyl (C=O) groups is 1. The van der Waals surface area contributed by atoms with E-state index in [1.165, 1.54) is 4.57 Å². The molecule has 3 rings (SSSR count). The topological polar surface area (TPSA) is 61.2 Å². The average Bonchev–Trinajstić information content (AvgIpc) is 2.60. The number of esters is 1. The van der Waals surface area contributed by atoms with Crippen LogP contribution < -0.4 is 5.56 Å². The molecule has 0 aliphatic carbocycles. The summed E-state index contributed by atoms with van der Waals surface area (Å²) < 4.78 is 6.43. The highest BCUT2D eigenvalue weighted by molar-refractivity contribution is 5.77. The minimum Gasteiger partial charge on any atom is -0.465 e. The Hall–Kier alpha value is -2.95. The van der Waals surface area contributed by atoms with E-state index in [1.807, 2.05) is 48.5 Å². The van der Waals surface area contributed by atoms with Crippen molar-refractivity contribution in [1.29, 1.82) is 0 Å². The number of para-hydroxylation sites is 2. The van der Waals surface area contributed by atoms with Gasteiger partial charge in [-0.3, -0.25) is 14.2 Å². The maximum Gasteiger partial charge on any atom is 0.326 e. The SMILES string of the molecule is CCOC(=O)Cn1c(=O)c(Cc2ccccc2)nc2ccccc21. The van der Waals surface area contributed by atoms with Gasteiger partial charge in [-0.25, -0.2) is 4.98 Å². The van der Waals surface area contributed by atoms with Crippen LogP contribution in [0.1, 0.15) is 18.2 Å². The zero-order chi connectivity index (χ0) is 16.9. The number of carbonyl (C=O) groups excluding carboxylic acids is 1. The molecule has 0 atom stereocenters. The molecule has 0 aliphatic rings. The summed E-state index contributed by atoms with van der Waals surface area (Å²) in [5.41, 5.74) is 2.48. The van der Waals surface area contributed by atoms with Gasteiger partial charge in [-0.2, -0.15) is 0 Å². The molecule has 3 aromatic rings. The van der Waals surface area contributed by atoms with Gasteiger partial charge in [0.1, 0.15) is 12.2 Å². The molecule has 0 spiro atoms. The van der Waals surface area contributed by atoms with Crippen molar-refractivity contribution in [3.63, 3.8) is 0 Å². The third kappa shape index (κ3) is 3.35. The fourth-order valence-corrected chi connectivity index (χ4v) is 2.64. The Bertz CT molecular complexity index is 917. The van der Waals surface area contributed by atoms with Crippen LogP contribution >= 0.6 is 0 Å². The third-order valence-corrected chi connectivity index (χ3v) is 3.73. The molecule has 5 nitrogen and oxygen atoms in total. The summed E-state index contributed by atoms with van der Waals surface area (Å²) in [4.78, 5) is 29.2. The van der Waals surface area contributed by atoms with Gasteiger partial charge in [0.25, 0.3) is 5.56 Å². The van der Waals surface area contributed by atoms with Crippen LogP contribution in [0.25, 0.3) is 11.0 Å². The molecule has 0 bridgehead atoms. The Morgan fingerprint density at radius 2 is 1.79 bits per heavy atom. The lowest BCUT2D eigenvalue weighted by Crippen LogP contribution is -2.29. The van der Waals surface area contributed by atoms with Crippen LogP contribution in [0.5, 0.6) is 0 Å². The smallest absolute Gasteiger partial charge is 0.326 e. The fourth-order valence-electron chi connectivity index (χ4n) is 2.64. The largest absolute Gasteiger partial charge is 0.465 e. The van der Waals surface area contributed by atoms with Gasteiger partial charge in [0.05, 0.1) is 17.6 Å². The highest BCUT2D eigenvalue weighted by Crippen LogP contribution is 2.12. The van der Waals surface area contributed by atoms with Crippen LogP contribution in [-0.4, -0.2) is 22.1 Å². The zero-order valence-corrected chi connectivity index (χ0v) is 13.4. The van der Waals surface area contributed by atoms with Crippen LogP contribution in [-0.2, 0) is 22.5 Å². The van der Waals surface area contributed by atoms with E-state index in [0.717, 1.165) is 5.56 Å². The predicted octanol–water partition coefficient (Wildman–Crippen LogP) is 2.55. The molecule has 0 amide bonds. The minimum absolute atomic E-state index is 0.114. The molecule has 0 N–H and O–H groups in total. The van der Waals surface area contributed by atoms with E-state index in [1.54, 1.807) is 13.0 Å². The minimum atomic E-state index is -0.429. The van der Waals surface area contributed by atoms with Crippen LogP contribution in [0.3, 0.4) is 0 Å². The number of aromatic nitrogens is 2. The molecule has 0 saturated carbocycles. The summed E-state index contributed by atoms with van der Waals surface area (Å²) in [5, 5.41) is 0. The van der Waals surface area contributed by atoms with Gasteiger partial charge < -0.3 is 4.74 Å². The summed E-state index contributed by atoms with van der Waals surface area (Å²) in [5.74, 6) is -0.429. The Balaban J connectivity index is 2.08. The number of benzene rings is 2. The van der Waals surface area contributed by atoms with Crippen molar-refractivity contribution in [2.24, 2.45) is 0 Å². The number of ether oxygens (including phenoxy) is 1. The van der Waals surface area contributed by atoms with Crippen molar-refractivity contribution < 1.29 is 9.53 Å². The van der Waals surface area contributed by atoms with E-state index >= 15 is 0 Å². The van der Waals surface area contributed by atoms with Crippen molar-refractivity contribution in [2.75, 3.05) is 6.61 Å². The number of nitrogens with zero attached hydrogens (tertiary/aromatic N) is 2. The molecule has 0 fully saturated rings. The number of fused-ring (bicyclic) bond motifs is 1. The quantitative estimate of drug-likeness (QED) is 0.677. The third-order valence-electron chi connectivity index (χ3n) is 3.73. The standard InChI is InChI=1S/C19H18N2O3/c1-2-24-18(22)13-21-17-11-7-6-10-15(17)20-16(19(21)23)12-14-8-4-3-5-9-14/h3-11H,2,12-13H2,1H3. The lowest BCUT2D eigenvalue weighted by Gasteiger charge is -2.11. The molecular formula is C19H18N2O3. The summed E-state index contributed by atoms with van der Waals surface area (Å²) in [6.45, 7) is 1.91. The molecule has 1 aromatic heterocycles. The normalized spacial score (nSPS) is 10.7. The van der Waals surface area contributed by atoms with Gasteiger partial charge in [-0.15, -0.1) is 0 Å². The molecule has 24 heavy (non-hydrogen) atoms. The first-order valence-electron chi connectivity index (χ1n) is 7.87. The molecule has 0 aliphatic heterocycles. The Morgan fingerprint density at radius 3 is 2.54 bits per heavy atom. The van der Waals surface area contributed by atoms with E-state index in [0.29, 0.717) is 23.1 Å². The van der Waals surface area contributed by atoms with Crippen molar-refractivity contribution >= 4 is 17.0 Å². The van der Waals surface area contributed by atoms with Crippen molar-refractivity contribution in [1.82, 2.24) is 9.55 Å². The Labute approximate surface area is 139 Å². The Morgan fingerprint density at radius 1 is 1.08 bits per heavy atom. The van der Waals surface area contributed by atoms with Crippen molar-refractivity contribution in [3.8, 4) is 0 Å². The van der Waals surface area contributed by atoms with Crippen LogP contribution in [0, 0.1) is 0 Å². The number of hydrogen-bond donors (Lipinski definition) is 0. The lowest BCUT2D eigenvalue weighted by atomic mass is 10.1. The van der Waals surface area contributed by atoms with Crippen LogP contribution in [0.15, 0.2) is 59.4 Å². The summed E-state index contributed by atoms with van der Waals surface area (Å²) in [6.07, 6.45) is 0.424. The van der Waals surface area contributed by atoms with E-state index in [-0.39, 0.29) is 18.7 Å². The van der Waals surface area contributed by atoms with E-state index in [2.05, 4.69) is 4.98 Å². The maximum atomic E-state index is 12.8. The highest BCUT2D eigenvalue weighted by atomic mass is 16.5. The van der Waals surface area contributed by atoms with Crippen LogP contribution in [0.4, 0.5) is 0 Å². The van der Waals surface area contributed by atoms with Gasteiger partial charge in [0.15, 0.2) is 0 Å². The maximum absolute atomic E-state index is 12.8. The van der Waals surface area contributed by atoms with Gasteiger partial charge in [0, 0.05) is 6.42 Å². The first-order valence-corrected chi connectivity index (χ1v) is 7.87. The molecular weight excluding hydrogens is 304 g/mol. The molecule has 122 valence electrons. The van der Waals surface area contributed by atoms with Gasteiger partial charge >= 0.3 is 5.97 Å². The second-order valence-corrected chi connectivity index (χ2v) is 5.41. The summed E-state index contributed by atoms with van der Waals surface area (Å²) in [6, 6.07) is 17.0. The second-order valence-electron chi connectivity index (χ2n) is 5.41. The molecule has 5 heteroatoms. The van der Waals surface area contributed by atoms with Crippen molar-refractivity contribution in [2.45, 2.75) is 19.9 Å². The zero-order valence-electron chi connectivity index (χ0n) is 13.4. The molecule has 0 unspecified atom stereocenters. The van der Waals surface area contributed by atoms with E-state index < -0.39 is 5.97 Å². The van der Waals surface area contributed by atoms with Gasteiger partial charge in [-0.05, 0) is 24.6 Å². The molecule has 2 aromatic carbocycles. The first-order chi connectivity index (χ1) is 11.7. The average molecular weight is 322 g/mol. The van der Waals surface area contributed by atoms with Gasteiger partial charge in [-0.1, -0.05) is 42.5 Å². The number of rotatable bonds is 5. The predicted molar refractivity (Wildman–Crippen MR) is 91.9 cm³/mol. The van der Waals surface area contributed by atoms with Crippen molar-refractivity contribution in [3.05, 3.63) is 76.2 Å². The fraction of sp³-hybridized carbons (Fsp3) is 0.211. The monoisotopic (exact) mass is 322 g/mol. The highest BCUT2D eigenvalue weighted by Gasteiger charge is 2.14.